The first-order chi connectivity index (χ1) is 10.4. The molecule has 2 N–H and O–H groups in total. The number of hydrogen-bond acceptors (Lipinski definition) is 3. The highest BCUT2D eigenvalue weighted by Gasteiger charge is 2.23. The summed E-state index contributed by atoms with van der Waals surface area (Å²) in [4.78, 5) is 27.5. The number of fused-ring (bicyclic) bond motifs is 1. The molecule has 6 nitrogen and oxygen atoms in total. The van der Waals surface area contributed by atoms with Gasteiger partial charge in [0.2, 0.25) is 0 Å². The van der Waals surface area contributed by atoms with Crippen LogP contribution in [0.2, 0.25) is 10.0 Å². The maximum atomic E-state index is 12.5. The summed E-state index contributed by atoms with van der Waals surface area (Å²) >= 11 is 12.1. The van der Waals surface area contributed by atoms with Gasteiger partial charge in [-0.2, -0.15) is 0 Å². The molecule has 1 aromatic carbocycles. The number of methoxy groups -OCH3 is 1. The third-order valence-corrected chi connectivity index (χ3v) is 3.72. The van der Waals surface area contributed by atoms with E-state index in [1.165, 1.54) is 7.11 Å². The molecule has 0 aliphatic rings. The molecule has 1 amide bonds. The van der Waals surface area contributed by atoms with E-state index in [-0.39, 0.29) is 23.9 Å². The fourth-order valence-electron chi connectivity index (χ4n) is 2.05. The first kappa shape index (κ1) is 16.6. The Labute approximate surface area is 136 Å². The Bertz CT molecular complexity index is 714. The fraction of sp³-hybridized carbons (Fsp3) is 0.286. The minimum absolute atomic E-state index is 0.135. The monoisotopic (exact) mass is 344 g/mol. The largest absolute Gasteiger partial charge is 0.480 e. The molecular formula is C14H14Cl2N2O4. The molecule has 0 fully saturated rings. The Morgan fingerprint density at radius 1 is 1.36 bits per heavy atom. The van der Waals surface area contributed by atoms with Gasteiger partial charge in [0.15, 0.2) is 0 Å². The average molecular weight is 345 g/mol. The number of aromatic amines is 1. The van der Waals surface area contributed by atoms with Gasteiger partial charge in [-0.1, -0.05) is 23.2 Å². The Morgan fingerprint density at radius 3 is 2.73 bits per heavy atom. The van der Waals surface area contributed by atoms with E-state index in [1.54, 1.807) is 18.2 Å². The predicted octanol–water partition coefficient (Wildman–Crippen LogP) is 2.65. The van der Waals surface area contributed by atoms with E-state index in [1.807, 2.05) is 0 Å². The molecule has 0 aliphatic carbocycles. The van der Waals surface area contributed by atoms with Crippen molar-refractivity contribution in [3.63, 3.8) is 0 Å². The molecule has 0 saturated heterocycles. The lowest BCUT2D eigenvalue weighted by molar-refractivity contribution is -0.137. The molecule has 1 heterocycles. The van der Waals surface area contributed by atoms with Gasteiger partial charge >= 0.3 is 5.97 Å². The van der Waals surface area contributed by atoms with E-state index in [4.69, 9.17) is 33.0 Å². The molecular weight excluding hydrogens is 331 g/mol. The summed E-state index contributed by atoms with van der Waals surface area (Å²) in [5.74, 6) is -1.61. The van der Waals surface area contributed by atoms with Gasteiger partial charge in [0.05, 0.1) is 11.6 Å². The van der Waals surface area contributed by atoms with Crippen LogP contribution in [0.1, 0.15) is 10.5 Å². The van der Waals surface area contributed by atoms with Crippen LogP contribution in [0.4, 0.5) is 0 Å². The lowest BCUT2D eigenvalue weighted by Crippen LogP contribution is -2.38. The molecule has 1 aromatic heterocycles. The summed E-state index contributed by atoms with van der Waals surface area (Å²) < 4.78 is 4.90. The molecule has 8 heteroatoms. The number of aliphatic carboxylic acids is 1. The minimum atomic E-state index is -1.11. The number of carboxylic acid groups (broad SMARTS) is 1. The van der Waals surface area contributed by atoms with Crippen molar-refractivity contribution >= 4 is 46.0 Å². The number of nitrogens with one attached hydrogen (secondary N) is 1. The number of carboxylic acids is 1. The van der Waals surface area contributed by atoms with Crippen molar-refractivity contribution in [2.45, 2.75) is 0 Å². The molecule has 2 aromatic rings. The number of nitrogens with zero attached hydrogens (tertiary/aromatic N) is 1. The molecule has 22 heavy (non-hydrogen) atoms. The lowest BCUT2D eigenvalue weighted by Gasteiger charge is -2.19. The number of H-pyrrole nitrogens is 1. The second-order valence-electron chi connectivity index (χ2n) is 4.62. The molecule has 0 unspecified atom stereocenters. The van der Waals surface area contributed by atoms with E-state index < -0.39 is 18.4 Å². The second kappa shape index (κ2) is 7.00. The summed E-state index contributed by atoms with van der Waals surface area (Å²) in [5.41, 5.74) is 0.788. The van der Waals surface area contributed by atoms with Gasteiger partial charge < -0.3 is 19.7 Å². The van der Waals surface area contributed by atoms with Crippen LogP contribution in [0.3, 0.4) is 0 Å². The van der Waals surface area contributed by atoms with Crippen LogP contribution in [-0.4, -0.2) is 53.7 Å². The summed E-state index contributed by atoms with van der Waals surface area (Å²) in [6.45, 7) is -0.0641. The van der Waals surface area contributed by atoms with E-state index in [0.717, 1.165) is 4.90 Å². The van der Waals surface area contributed by atoms with E-state index >= 15 is 0 Å². The number of ether oxygens (including phenoxy) is 1. The zero-order valence-electron chi connectivity index (χ0n) is 11.7. The van der Waals surface area contributed by atoms with E-state index in [9.17, 15) is 9.59 Å². The molecule has 0 bridgehead atoms. The highest BCUT2D eigenvalue weighted by Crippen LogP contribution is 2.30. The molecule has 0 atom stereocenters. The van der Waals surface area contributed by atoms with Crippen LogP contribution in [0, 0.1) is 0 Å². The van der Waals surface area contributed by atoms with Crippen molar-refractivity contribution < 1.29 is 19.4 Å². The Kier molecular flexibility index (Phi) is 5.28. The van der Waals surface area contributed by atoms with Crippen LogP contribution < -0.4 is 0 Å². The number of halogens is 2. The maximum absolute atomic E-state index is 12.5. The van der Waals surface area contributed by atoms with Crippen molar-refractivity contribution in [2.75, 3.05) is 26.8 Å². The number of amides is 1. The van der Waals surface area contributed by atoms with Crippen molar-refractivity contribution in [3.05, 3.63) is 33.9 Å². The van der Waals surface area contributed by atoms with Crippen molar-refractivity contribution in [1.29, 1.82) is 0 Å². The summed E-state index contributed by atoms with van der Waals surface area (Å²) in [6.07, 6.45) is 0. The molecule has 0 saturated carbocycles. The number of aromatic nitrogens is 1. The van der Waals surface area contributed by atoms with Crippen LogP contribution in [0.25, 0.3) is 10.9 Å². The summed E-state index contributed by atoms with van der Waals surface area (Å²) in [6, 6.07) is 5.02. The predicted molar refractivity (Wildman–Crippen MR) is 83.7 cm³/mol. The Morgan fingerprint density at radius 2 is 2.09 bits per heavy atom. The van der Waals surface area contributed by atoms with Gasteiger partial charge in [0, 0.05) is 29.6 Å². The van der Waals surface area contributed by atoms with Gasteiger partial charge in [-0.05, 0) is 18.2 Å². The van der Waals surface area contributed by atoms with Gasteiger partial charge in [-0.3, -0.25) is 9.59 Å². The molecule has 118 valence electrons. The number of hydrogen-bond donors (Lipinski definition) is 2. The van der Waals surface area contributed by atoms with Crippen LogP contribution in [0.5, 0.6) is 0 Å². The standard InChI is InChI=1S/C14H14Cl2N2O4/c1-22-5-4-18(7-11(19)20)14(21)13-12(16)9-6-8(15)2-3-10(9)17-13/h2-3,6,17H,4-5,7H2,1H3,(H,19,20). The van der Waals surface area contributed by atoms with Crippen LogP contribution in [-0.2, 0) is 9.53 Å². The van der Waals surface area contributed by atoms with Crippen LogP contribution in [0.15, 0.2) is 18.2 Å². The Balaban J connectivity index is 2.37. The first-order valence-corrected chi connectivity index (χ1v) is 7.16. The minimum Gasteiger partial charge on any atom is -0.480 e. The summed E-state index contributed by atoms with van der Waals surface area (Å²) in [7, 11) is 1.47. The van der Waals surface area contributed by atoms with Crippen molar-refractivity contribution in [1.82, 2.24) is 9.88 Å². The van der Waals surface area contributed by atoms with Crippen molar-refractivity contribution in [3.8, 4) is 0 Å². The van der Waals surface area contributed by atoms with Gasteiger partial charge in [-0.25, -0.2) is 0 Å². The number of rotatable bonds is 6. The Hall–Kier alpha value is -1.76. The molecule has 0 aliphatic heterocycles. The number of carbonyl (C=O) groups is 2. The topological polar surface area (TPSA) is 82.6 Å². The average Bonchev–Trinajstić information content (AvgIpc) is 2.79. The van der Waals surface area contributed by atoms with Crippen LogP contribution >= 0.6 is 23.2 Å². The zero-order valence-corrected chi connectivity index (χ0v) is 13.2. The third-order valence-electron chi connectivity index (χ3n) is 3.09. The van der Waals surface area contributed by atoms with E-state index in [0.29, 0.717) is 15.9 Å². The second-order valence-corrected chi connectivity index (χ2v) is 5.43. The quantitative estimate of drug-likeness (QED) is 0.843. The molecule has 0 radical (unpaired) electrons. The molecule has 2 rings (SSSR count). The van der Waals surface area contributed by atoms with E-state index in [2.05, 4.69) is 4.98 Å². The third kappa shape index (κ3) is 3.52. The van der Waals surface area contributed by atoms with Crippen molar-refractivity contribution in [2.24, 2.45) is 0 Å². The first-order valence-electron chi connectivity index (χ1n) is 6.40. The number of carbonyl (C=O) groups excluding carboxylic acids is 1. The lowest BCUT2D eigenvalue weighted by atomic mass is 10.2. The van der Waals surface area contributed by atoms with Gasteiger partial charge in [0.1, 0.15) is 12.2 Å². The normalized spacial score (nSPS) is 10.9. The highest BCUT2D eigenvalue weighted by molar-refractivity contribution is 6.39. The number of benzene rings is 1. The molecule has 0 spiro atoms. The van der Waals surface area contributed by atoms with Gasteiger partial charge in [0.25, 0.3) is 5.91 Å². The maximum Gasteiger partial charge on any atom is 0.323 e. The smallest absolute Gasteiger partial charge is 0.323 e. The zero-order chi connectivity index (χ0) is 16.3. The highest BCUT2D eigenvalue weighted by atomic mass is 35.5. The summed E-state index contributed by atoms with van der Waals surface area (Å²) in [5, 5.41) is 10.3. The van der Waals surface area contributed by atoms with Gasteiger partial charge in [-0.15, -0.1) is 0 Å². The fourth-order valence-corrected chi connectivity index (χ4v) is 2.51. The SMILES string of the molecule is COCCN(CC(=O)O)C(=O)c1[nH]c2ccc(Cl)cc2c1Cl.